The van der Waals surface area contributed by atoms with Gasteiger partial charge in [-0.3, -0.25) is 0 Å². The molecule has 0 saturated heterocycles. The summed E-state index contributed by atoms with van der Waals surface area (Å²) in [4.78, 5) is 0. The summed E-state index contributed by atoms with van der Waals surface area (Å²) in [6.07, 6.45) is 2.44. The van der Waals surface area contributed by atoms with Gasteiger partial charge in [0, 0.05) is 24.7 Å². The SMILES string of the molecule is COC1CC(NCc2cc(F)cc(Cl)c2)C1. The van der Waals surface area contributed by atoms with Crippen molar-refractivity contribution >= 4 is 11.6 Å². The second kappa shape index (κ2) is 5.13. The molecule has 1 fully saturated rings. The molecular weight excluding hydrogens is 229 g/mol. The third-order valence-corrected chi connectivity index (χ3v) is 3.16. The molecule has 1 aromatic rings. The van der Waals surface area contributed by atoms with Crippen LogP contribution < -0.4 is 5.32 Å². The van der Waals surface area contributed by atoms with Crippen LogP contribution >= 0.6 is 11.6 Å². The molecule has 0 spiro atoms. The first kappa shape index (κ1) is 11.8. The summed E-state index contributed by atoms with van der Waals surface area (Å²) in [5.41, 5.74) is 0.880. The van der Waals surface area contributed by atoms with Gasteiger partial charge in [0.25, 0.3) is 0 Å². The topological polar surface area (TPSA) is 21.3 Å². The summed E-state index contributed by atoms with van der Waals surface area (Å²) in [5, 5.41) is 3.79. The van der Waals surface area contributed by atoms with Crippen LogP contribution in [0.4, 0.5) is 4.39 Å². The van der Waals surface area contributed by atoms with E-state index in [1.165, 1.54) is 12.1 Å². The zero-order valence-electron chi connectivity index (χ0n) is 9.17. The summed E-state index contributed by atoms with van der Waals surface area (Å²) < 4.78 is 18.2. The number of methoxy groups -OCH3 is 1. The zero-order chi connectivity index (χ0) is 11.5. The smallest absolute Gasteiger partial charge is 0.125 e. The Labute approximate surface area is 99.7 Å². The standard InChI is InChI=1S/C12H15ClFNO/c1-16-12-5-11(6-12)15-7-8-2-9(13)4-10(14)3-8/h2-4,11-12,15H,5-7H2,1H3. The Morgan fingerprint density at radius 3 is 2.81 bits per heavy atom. The molecule has 16 heavy (non-hydrogen) atoms. The molecule has 0 unspecified atom stereocenters. The molecule has 0 aromatic heterocycles. The van der Waals surface area contributed by atoms with E-state index in [0.29, 0.717) is 23.7 Å². The van der Waals surface area contributed by atoms with E-state index in [0.717, 1.165) is 18.4 Å². The van der Waals surface area contributed by atoms with Crippen molar-refractivity contribution in [1.29, 1.82) is 0 Å². The van der Waals surface area contributed by atoms with E-state index >= 15 is 0 Å². The Bertz CT molecular complexity index is 346. The summed E-state index contributed by atoms with van der Waals surface area (Å²) in [6.45, 7) is 0.651. The summed E-state index contributed by atoms with van der Waals surface area (Å²) in [6, 6.07) is 5.08. The average Bonchev–Trinajstić information content (AvgIpc) is 2.14. The third kappa shape index (κ3) is 2.94. The van der Waals surface area contributed by atoms with Crippen molar-refractivity contribution in [2.24, 2.45) is 0 Å². The van der Waals surface area contributed by atoms with E-state index in [-0.39, 0.29) is 5.82 Å². The molecule has 2 nitrogen and oxygen atoms in total. The molecular formula is C12H15ClFNO. The van der Waals surface area contributed by atoms with Gasteiger partial charge in [-0.15, -0.1) is 0 Å². The summed E-state index contributed by atoms with van der Waals surface area (Å²) in [7, 11) is 1.73. The first-order valence-corrected chi connectivity index (χ1v) is 5.76. The monoisotopic (exact) mass is 243 g/mol. The van der Waals surface area contributed by atoms with E-state index in [1.54, 1.807) is 13.2 Å². The second-order valence-corrected chi connectivity index (χ2v) is 4.62. The van der Waals surface area contributed by atoms with E-state index in [1.807, 2.05) is 0 Å². The van der Waals surface area contributed by atoms with Crippen LogP contribution in [0.2, 0.25) is 5.02 Å². The van der Waals surface area contributed by atoms with Crippen LogP contribution in [0.3, 0.4) is 0 Å². The Morgan fingerprint density at radius 2 is 2.19 bits per heavy atom. The summed E-state index contributed by atoms with van der Waals surface area (Å²) >= 11 is 5.77. The van der Waals surface area contributed by atoms with Crippen LogP contribution in [0.25, 0.3) is 0 Å². The van der Waals surface area contributed by atoms with Gasteiger partial charge in [0.05, 0.1) is 6.10 Å². The molecule has 1 aliphatic rings. The zero-order valence-corrected chi connectivity index (χ0v) is 9.93. The largest absolute Gasteiger partial charge is 0.381 e. The van der Waals surface area contributed by atoms with Crippen molar-refractivity contribution in [2.45, 2.75) is 31.5 Å². The Morgan fingerprint density at radius 1 is 1.44 bits per heavy atom. The van der Waals surface area contributed by atoms with Gasteiger partial charge >= 0.3 is 0 Å². The van der Waals surface area contributed by atoms with Gasteiger partial charge in [-0.1, -0.05) is 11.6 Å². The fraction of sp³-hybridized carbons (Fsp3) is 0.500. The molecule has 1 aliphatic carbocycles. The molecule has 2 rings (SSSR count). The number of nitrogens with one attached hydrogen (secondary N) is 1. The van der Waals surface area contributed by atoms with Crippen LogP contribution in [0.5, 0.6) is 0 Å². The van der Waals surface area contributed by atoms with Crippen molar-refractivity contribution in [3.05, 3.63) is 34.6 Å². The lowest BCUT2D eigenvalue weighted by Crippen LogP contribution is -2.44. The van der Waals surface area contributed by atoms with Gasteiger partial charge < -0.3 is 10.1 Å². The van der Waals surface area contributed by atoms with Gasteiger partial charge in [0.1, 0.15) is 5.82 Å². The predicted octanol–water partition coefficient (Wildman–Crippen LogP) is 2.75. The number of halogens is 2. The van der Waals surface area contributed by atoms with Gasteiger partial charge in [0.2, 0.25) is 0 Å². The minimum Gasteiger partial charge on any atom is -0.381 e. The van der Waals surface area contributed by atoms with Crippen molar-refractivity contribution in [2.75, 3.05) is 7.11 Å². The molecule has 0 bridgehead atoms. The highest BCUT2D eigenvalue weighted by Crippen LogP contribution is 2.23. The molecule has 0 heterocycles. The van der Waals surface area contributed by atoms with Crippen LogP contribution in [-0.2, 0) is 11.3 Å². The second-order valence-electron chi connectivity index (χ2n) is 4.18. The average molecular weight is 244 g/mol. The van der Waals surface area contributed by atoms with Crippen LogP contribution in [0.1, 0.15) is 18.4 Å². The van der Waals surface area contributed by atoms with Crippen LogP contribution in [0, 0.1) is 5.82 Å². The number of hydrogen-bond donors (Lipinski definition) is 1. The molecule has 0 amide bonds. The molecule has 1 N–H and O–H groups in total. The minimum absolute atomic E-state index is 0.285. The maximum atomic E-state index is 13.0. The van der Waals surface area contributed by atoms with E-state index in [4.69, 9.17) is 16.3 Å². The highest BCUT2D eigenvalue weighted by molar-refractivity contribution is 6.30. The van der Waals surface area contributed by atoms with E-state index in [9.17, 15) is 4.39 Å². The normalized spacial score (nSPS) is 24.2. The molecule has 0 radical (unpaired) electrons. The highest BCUT2D eigenvalue weighted by atomic mass is 35.5. The fourth-order valence-electron chi connectivity index (χ4n) is 1.90. The Hall–Kier alpha value is -0.640. The van der Waals surface area contributed by atoms with E-state index < -0.39 is 0 Å². The molecule has 0 atom stereocenters. The van der Waals surface area contributed by atoms with Gasteiger partial charge in [-0.25, -0.2) is 4.39 Å². The Kier molecular flexibility index (Phi) is 3.79. The predicted molar refractivity (Wildman–Crippen MR) is 62.1 cm³/mol. The number of hydrogen-bond acceptors (Lipinski definition) is 2. The third-order valence-electron chi connectivity index (χ3n) is 2.95. The molecule has 88 valence electrons. The maximum absolute atomic E-state index is 13.0. The number of rotatable bonds is 4. The van der Waals surface area contributed by atoms with Crippen molar-refractivity contribution < 1.29 is 9.13 Å². The Balaban J connectivity index is 1.81. The fourth-order valence-corrected chi connectivity index (χ4v) is 2.14. The van der Waals surface area contributed by atoms with E-state index in [2.05, 4.69) is 5.32 Å². The molecule has 0 aliphatic heterocycles. The van der Waals surface area contributed by atoms with Gasteiger partial charge in [-0.05, 0) is 36.6 Å². The lowest BCUT2D eigenvalue weighted by atomic mass is 9.89. The van der Waals surface area contributed by atoms with Crippen LogP contribution in [0.15, 0.2) is 18.2 Å². The minimum atomic E-state index is -0.285. The quantitative estimate of drug-likeness (QED) is 0.878. The van der Waals surface area contributed by atoms with Gasteiger partial charge in [0.15, 0.2) is 0 Å². The first-order valence-electron chi connectivity index (χ1n) is 5.38. The van der Waals surface area contributed by atoms with Crippen LogP contribution in [-0.4, -0.2) is 19.3 Å². The van der Waals surface area contributed by atoms with Gasteiger partial charge in [-0.2, -0.15) is 0 Å². The van der Waals surface area contributed by atoms with Crippen molar-refractivity contribution in [1.82, 2.24) is 5.32 Å². The maximum Gasteiger partial charge on any atom is 0.125 e. The molecule has 1 aromatic carbocycles. The molecule has 4 heteroatoms. The summed E-state index contributed by atoms with van der Waals surface area (Å²) in [5.74, 6) is -0.285. The number of benzene rings is 1. The lowest BCUT2D eigenvalue weighted by Gasteiger charge is -2.34. The lowest BCUT2D eigenvalue weighted by molar-refractivity contribution is 0.0170. The van der Waals surface area contributed by atoms with Crippen molar-refractivity contribution in [3.8, 4) is 0 Å². The molecule has 1 saturated carbocycles. The highest BCUT2D eigenvalue weighted by Gasteiger charge is 2.28. The van der Waals surface area contributed by atoms with Crippen molar-refractivity contribution in [3.63, 3.8) is 0 Å². The number of ether oxygens (including phenoxy) is 1. The first-order chi connectivity index (χ1) is 7.67.